The van der Waals surface area contributed by atoms with Gasteiger partial charge in [-0.15, -0.1) is 0 Å². The average molecular weight is 277 g/mol. The number of hydrogen-bond acceptors (Lipinski definition) is 5. The fourth-order valence-electron chi connectivity index (χ4n) is 2.48. The Bertz CT molecular complexity index is 471. The van der Waals surface area contributed by atoms with Gasteiger partial charge >= 0.3 is 0 Å². The van der Waals surface area contributed by atoms with E-state index in [4.69, 9.17) is 11.5 Å². The number of anilines is 2. The molecule has 20 heavy (non-hydrogen) atoms. The van der Waals surface area contributed by atoms with Crippen LogP contribution in [0.3, 0.4) is 0 Å². The highest BCUT2D eigenvalue weighted by Crippen LogP contribution is 2.19. The third-order valence-electron chi connectivity index (χ3n) is 3.45. The Kier molecular flexibility index (Phi) is 4.81. The van der Waals surface area contributed by atoms with Crippen LogP contribution in [-0.4, -0.2) is 49.6 Å². The van der Waals surface area contributed by atoms with Gasteiger partial charge in [0.05, 0.1) is 5.56 Å². The number of hydrogen-bond donors (Lipinski definition) is 4. The summed E-state index contributed by atoms with van der Waals surface area (Å²) in [6.07, 6.45) is 0. The number of piperazine rings is 1. The van der Waals surface area contributed by atoms with Crippen molar-refractivity contribution in [1.29, 1.82) is 0 Å². The van der Waals surface area contributed by atoms with Gasteiger partial charge in [0.25, 0.3) is 5.91 Å². The lowest BCUT2D eigenvalue weighted by Crippen LogP contribution is -2.47. The van der Waals surface area contributed by atoms with E-state index in [0.29, 0.717) is 11.3 Å². The van der Waals surface area contributed by atoms with Crippen molar-refractivity contribution in [3.63, 3.8) is 0 Å². The zero-order chi connectivity index (χ0) is 14.5. The van der Waals surface area contributed by atoms with Crippen LogP contribution in [0.15, 0.2) is 18.2 Å². The van der Waals surface area contributed by atoms with E-state index in [1.807, 2.05) is 6.07 Å². The molecule has 6 N–H and O–H groups in total. The molecular weight excluding hydrogens is 254 g/mol. The highest BCUT2D eigenvalue weighted by Gasteiger charge is 2.15. The van der Waals surface area contributed by atoms with Gasteiger partial charge in [-0.2, -0.15) is 0 Å². The largest absolute Gasteiger partial charge is 0.399 e. The van der Waals surface area contributed by atoms with Crippen LogP contribution in [0, 0.1) is 0 Å². The number of rotatable bonds is 5. The van der Waals surface area contributed by atoms with Gasteiger partial charge in [0.2, 0.25) is 0 Å². The molecule has 1 aromatic carbocycles. The molecule has 1 unspecified atom stereocenters. The summed E-state index contributed by atoms with van der Waals surface area (Å²) in [5, 5.41) is 6.68. The maximum absolute atomic E-state index is 11.5. The zero-order valence-electron chi connectivity index (χ0n) is 11.9. The molecule has 0 saturated carbocycles. The summed E-state index contributed by atoms with van der Waals surface area (Å²) < 4.78 is 0. The second-order valence-electron chi connectivity index (χ2n) is 5.27. The lowest BCUT2D eigenvalue weighted by molar-refractivity contribution is 0.100. The van der Waals surface area contributed by atoms with E-state index >= 15 is 0 Å². The summed E-state index contributed by atoms with van der Waals surface area (Å²) in [5.74, 6) is -0.464. The summed E-state index contributed by atoms with van der Waals surface area (Å²) >= 11 is 0. The number of nitrogen functional groups attached to an aromatic ring is 1. The molecule has 0 bridgehead atoms. The zero-order valence-corrected chi connectivity index (χ0v) is 11.9. The van der Waals surface area contributed by atoms with E-state index < -0.39 is 5.91 Å². The first kappa shape index (κ1) is 14.6. The molecular formula is C14H23N5O. The number of nitrogens with one attached hydrogen (secondary N) is 2. The lowest BCUT2D eigenvalue weighted by atomic mass is 10.1. The first-order chi connectivity index (χ1) is 9.56. The quantitative estimate of drug-likeness (QED) is 0.571. The fraction of sp³-hybridized carbons (Fsp3) is 0.500. The minimum Gasteiger partial charge on any atom is -0.399 e. The maximum atomic E-state index is 11.5. The molecule has 110 valence electrons. The lowest BCUT2D eigenvalue weighted by Gasteiger charge is -2.30. The van der Waals surface area contributed by atoms with Crippen LogP contribution in [0.25, 0.3) is 0 Å². The van der Waals surface area contributed by atoms with Crippen LogP contribution in [0.1, 0.15) is 17.3 Å². The highest BCUT2D eigenvalue weighted by atomic mass is 16.1. The van der Waals surface area contributed by atoms with Crippen molar-refractivity contribution in [3.8, 4) is 0 Å². The second kappa shape index (κ2) is 6.58. The SMILES string of the molecule is CC(CN1CCNCC1)Nc1ccc(N)cc1C(N)=O. The number of primary amides is 1. The normalized spacial score (nSPS) is 17.6. The van der Waals surface area contributed by atoms with Crippen LogP contribution in [0.4, 0.5) is 11.4 Å². The molecule has 0 radical (unpaired) electrons. The van der Waals surface area contributed by atoms with Gasteiger partial charge in [0, 0.05) is 50.1 Å². The Morgan fingerprint density at radius 3 is 2.80 bits per heavy atom. The van der Waals surface area contributed by atoms with Crippen molar-refractivity contribution in [2.45, 2.75) is 13.0 Å². The van der Waals surface area contributed by atoms with E-state index in [-0.39, 0.29) is 6.04 Å². The Morgan fingerprint density at radius 2 is 2.15 bits per heavy atom. The molecule has 1 aliphatic rings. The van der Waals surface area contributed by atoms with Crippen molar-refractivity contribution in [2.24, 2.45) is 5.73 Å². The Morgan fingerprint density at radius 1 is 1.45 bits per heavy atom. The molecule has 1 amide bonds. The minimum absolute atomic E-state index is 0.231. The molecule has 1 aromatic rings. The first-order valence-electron chi connectivity index (χ1n) is 6.95. The molecule has 1 fully saturated rings. The van der Waals surface area contributed by atoms with Gasteiger partial charge < -0.3 is 22.1 Å². The highest BCUT2D eigenvalue weighted by molar-refractivity contribution is 5.99. The predicted molar refractivity (Wildman–Crippen MR) is 81.8 cm³/mol. The summed E-state index contributed by atoms with van der Waals surface area (Å²) in [7, 11) is 0. The molecule has 1 aliphatic heterocycles. The van der Waals surface area contributed by atoms with Gasteiger partial charge in [0.1, 0.15) is 0 Å². The standard InChI is InChI=1S/C14H23N5O/c1-10(9-19-6-4-17-5-7-19)18-13-3-2-11(15)8-12(13)14(16)20/h2-3,8,10,17-18H,4-7,9,15H2,1H3,(H2,16,20). The number of amides is 1. The van der Waals surface area contributed by atoms with Gasteiger partial charge in [0.15, 0.2) is 0 Å². The van der Waals surface area contributed by atoms with Crippen LogP contribution in [0.5, 0.6) is 0 Å². The van der Waals surface area contributed by atoms with Gasteiger partial charge in [-0.3, -0.25) is 9.69 Å². The monoisotopic (exact) mass is 277 g/mol. The Labute approximate surface area is 119 Å². The Hall–Kier alpha value is -1.79. The number of carbonyl (C=O) groups excluding carboxylic acids is 1. The number of carbonyl (C=O) groups is 1. The average Bonchev–Trinajstić information content (AvgIpc) is 2.41. The van der Waals surface area contributed by atoms with Crippen molar-refractivity contribution in [2.75, 3.05) is 43.8 Å². The molecule has 2 rings (SSSR count). The summed E-state index contributed by atoms with van der Waals surface area (Å²) in [5.41, 5.74) is 12.8. The summed E-state index contributed by atoms with van der Waals surface area (Å²) in [6, 6.07) is 5.42. The predicted octanol–water partition coefficient (Wildman–Crippen LogP) is 0.0733. The molecule has 0 spiro atoms. The second-order valence-corrected chi connectivity index (χ2v) is 5.27. The van der Waals surface area contributed by atoms with Gasteiger partial charge in [-0.25, -0.2) is 0 Å². The van der Waals surface area contributed by atoms with E-state index in [1.54, 1.807) is 12.1 Å². The smallest absolute Gasteiger partial charge is 0.250 e. The Balaban J connectivity index is 1.99. The summed E-state index contributed by atoms with van der Waals surface area (Å²) in [6.45, 7) is 7.20. The van der Waals surface area contributed by atoms with Crippen molar-refractivity contribution in [3.05, 3.63) is 23.8 Å². The molecule has 1 saturated heterocycles. The number of benzene rings is 1. The fourth-order valence-corrected chi connectivity index (χ4v) is 2.48. The van der Waals surface area contributed by atoms with Crippen LogP contribution in [-0.2, 0) is 0 Å². The summed E-state index contributed by atoms with van der Waals surface area (Å²) in [4.78, 5) is 13.9. The van der Waals surface area contributed by atoms with E-state index in [1.165, 1.54) is 0 Å². The first-order valence-corrected chi connectivity index (χ1v) is 6.95. The van der Waals surface area contributed by atoms with E-state index in [9.17, 15) is 4.79 Å². The topological polar surface area (TPSA) is 96.4 Å². The van der Waals surface area contributed by atoms with Crippen molar-refractivity contribution >= 4 is 17.3 Å². The number of nitrogens with zero attached hydrogens (tertiary/aromatic N) is 1. The van der Waals surface area contributed by atoms with Crippen LogP contribution in [0.2, 0.25) is 0 Å². The third-order valence-corrected chi connectivity index (χ3v) is 3.45. The van der Waals surface area contributed by atoms with E-state index in [2.05, 4.69) is 22.5 Å². The number of nitrogens with two attached hydrogens (primary N) is 2. The molecule has 6 nitrogen and oxygen atoms in total. The molecule has 6 heteroatoms. The van der Waals surface area contributed by atoms with Crippen LogP contribution >= 0.6 is 0 Å². The third kappa shape index (κ3) is 3.85. The van der Waals surface area contributed by atoms with Gasteiger partial charge in [-0.05, 0) is 25.1 Å². The molecule has 1 atom stereocenters. The van der Waals surface area contributed by atoms with Gasteiger partial charge in [-0.1, -0.05) is 0 Å². The maximum Gasteiger partial charge on any atom is 0.250 e. The molecule has 0 aliphatic carbocycles. The van der Waals surface area contributed by atoms with Crippen LogP contribution < -0.4 is 22.1 Å². The molecule has 0 aromatic heterocycles. The molecule has 1 heterocycles. The van der Waals surface area contributed by atoms with Crippen molar-refractivity contribution in [1.82, 2.24) is 10.2 Å². The van der Waals surface area contributed by atoms with Crippen molar-refractivity contribution < 1.29 is 4.79 Å². The van der Waals surface area contributed by atoms with E-state index in [0.717, 1.165) is 38.4 Å². The minimum atomic E-state index is -0.464.